The topological polar surface area (TPSA) is 82.9 Å². The quantitative estimate of drug-likeness (QED) is 0.590. The van der Waals surface area contributed by atoms with Gasteiger partial charge in [0.15, 0.2) is 17.5 Å². The molecule has 0 saturated carbocycles. The van der Waals surface area contributed by atoms with Crippen LogP contribution in [-0.4, -0.2) is 20.2 Å². The molecule has 1 aromatic rings. The van der Waals surface area contributed by atoms with Gasteiger partial charge in [0.1, 0.15) is 0 Å². The van der Waals surface area contributed by atoms with Crippen LogP contribution in [-0.2, 0) is 0 Å². The fourth-order valence-corrected chi connectivity index (χ4v) is 1.41. The minimum atomic E-state index is -0.107. The average Bonchev–Trinajstić information content (AvgIpc) is 2.27. The van der Waals surface area contributed by atoms with Crippen LogP contribution in [0.25, 0.3) is 0 Å². The molecule has 1 atom stereocenters. The summed E-state index contributed by atoms with van der Waals surface area (Å²) in [6.45, 7) is 1.90. The van der Waals surface area contributed by atoms with Crippen molar-refractivity contribution in [2.75, 3.05) is 14.2 Å². The molecule has 0 aliphatic heterocycles. The maximum Gasteiger partial charge on any atom is 0.186 e. The van der Waals surface area contributed by atoms with Crippen LogP contribution in [0.2, 0.25) is 0 Å². The Morgan fingerprint density at radius 2 is 1.81 bits per heavy atom. The number of methoxy groups -OCH3 is 2. The Bertz CT molecular complexity index is 387. The van der Waals surface area contributed by atoms with Crippen molar-refractivity contribution in [2.45, 2.75) is 13.0 Å². The lowest BCUT2D eigenvalue weighted by atomic mass is 10.1. The third-order valence-corrected chi connectivity index (χ3v) is 2.23. The molecule has 0 saturated heterocycles. The highest BCUT2D eigenvalue weighted by atomic mass is 16.5. The molecule has 0 aliphatic carbocycles. The van der Waals surface area contributed by atoms with Crippen molar-refractivity contribution in [2.24, 2.45) is 16.5 Å². The summed E-state index contributed by atoms with van der Waals surface area (Å²) >= 11 is 0. The van der Waals surface area contributed by atoms with E-state index in [4.69, 9.17) is 20.9 Å². The van der Waals surface area contributed by atoms with E-state index in [9.17, 15) is 0 Å². The predicted molar refractivity (Wildman–Crippen MR) is 63.8 cm³/mol. The van der Waals surface area contributed by atoms with Crippen molar-refractivity contribution < 1.29 is 9.47 Å². The number of hydrogen-bond acceptors (Lipinski definition) is 3. The number of nitrogens with zero attached hydrogens (tertiary/aromatic N) is 1. The van der Waals surface area contributed by atoms with Gasteiger partial charge in [0.2, 0.25) is 0 Å². The van der Waals surface area contributed by atoms with Gasteiger partial charge in [-0.05, 0) is 24.6 Å². The number of hydrogen-bond donors (Lipinski definition) is 2. The smallest absolute Gasteiger partial charge is 0.186 e. The second kappa shape index (κ2) is 5.25. The summed E-state index contributed by atoms with van der Waals surface area (Å²) in [6.07, 6.45) is 0. The summed E-state index contributed by atoms with van der Waals surface area (Å²) in [6, 6.07) is 5.48. The molecule has 5 nitrogen and oxygen atoms in total. The third kappa shape index (κ3) is 2.79. The highest BCUT2D eigenvalue weighted by Crippen LogP contribution is 2.30. The first-order valence-corrected chi connectivity index (χ1v) is 4.89. The van der Waals surface area contributed by atoms with E-state index in [1.165, 1.54) is 0 Å². The minimum absolute atomic E-state index is 0.0716. The van der Waals surface area contributed by atoms with Crippen LogP contribution >= 0.6 is 0 Å². The lowest BCUT2D eigenvalue weighted by Gasteiger charge is -2.12. The molecule has 0 radical (unpaired) electrons. The zero-order valence-electron chi connectivity index (χ0n) is 9.73. The van der Waals surface area contributed by atoms with Gasteiger partial charge in [-0.3, -0.25) is 0 Å². The normalized spacial score (nSPS) is 11.7. The van der Waals surface area contributed by atoms with Gasteiger partial charge >= 0.3 is 0 Å². The fraction of sp³-hybridized carbons (Fsp3) is 0.364. The van der Waals surface area contributed by atoms with E-state index in [1.54, 1.807) is 14.2 Å². The zero-order valence-corrected chi connectivity index (χ0v) is 9.73. The van der Waals surface area contributed by atoms with Gasteiger partial charge in [-0.15, -0.1) is 0 Å². The zero-order chi connectivity index (χ0) is 12.1. The van der Waals surface area contributed by atoms with Crippen molar-refractivity contribution in [3.63, 3.8) is 0 Å². The molecule has 0 aromatic heterocycles. The second-order valence-corrected chi connectivity index (χ2v) is 3.34. The molecular weight excluding hydrogens is 206 g/mol. The molecule has 4 N–H and O–H groups in total. The Balaban J connectivity index is 3.03. The molecule has 1 unspecified atom stereocenters. The van der Waals surface area contributed by atoms with Crippen molar-refractivity contribution in [3.05, 3.63) is 23.8 Å². The summed E-state index contributed by atoms with van der Waals surface area (Å²) in [4.78, 5) is 4.05. The largest absolute Gasteiger partial charge is 0.493 e. The van der Waals surface area contributed by atoms with Gasteiger partial charge in [0.05, 0.1) is 20.3 Å². The van der Waals surface area contributed by atoms with Crippen LogP contribution in [0, 0.1) is 0 Å². The van der Waals surface area contributed by atoms with E-state index in [0.717, 1.165) is 5.56 Å². The first kappa shape index (κ1) is 12.2. The molecule has 0 bridgehead atoms. The predicted octanol–water partition coefficient (Wildman–Crippen LogP) is 1.04. The van der Waals surface area contributed by atoms with Crippen LogP contribution in [0.3, 0.4) is 0 Å². The van der Waals surface area contributed by atoms with Crippen LogP contribution in [0.1, 0.15) is 18.5 Å². The van der Waals surface area contributed by atoms with Gasteiger partial charge in [0, 0.05) is 0 Å². The Labute approximate surface area is 95.1 Å². The van der Waals surface area contributed by atoms with E-state index >= 15 is 0 Å². The number of rotatable bonds is 4. The van der Waals surface area contributed by atoms with Gasteiger partial charge in [-0.2, -0.15) is 0 Å². The molecule has 1 rings (SSSR count). The average molecular weight is 223 g/mol. The van der Waals surface area contributed by atoms with Gasteiger partial charge in [-0.25, -0.2) is 4.99 Å². The second-order valence-electron chi connectivity index (χ2n) is 3.34. The SMILES string of the molecule is COc1ccc(C(C)N=C(N)N)cc1OC. The Morgan fingerprint density at radius 3 is 2.31 bits per heavy atom. The molecule has 16 heavy (non-hydrogen) atoms. The number of aliphatic imine (C=N–C) groups is 1. The van der Waals surface area contributed by atoms with Crippen molar-refractivity contribution in [1.29, 1.82) is 0 Å². The number of nitrogens with two attached hydrogens (primary N) is 2. The van der Waals surface area contributed by atoms with Gasteiger partial charge < -0.3 is 20.9 Å². The highest BCUT2D eigenvalue weighted by Gasteiger charge is 2.09. The summed E-state index contributed by atoms with van der Waals surface area (Å²) in [5.74, 6) is 1.42. The van der Waals surface area contributed by atoms with E-state index < -0.39 is 0 Å². The van der Waals surface area contributed by atoms with Gasteiger partial charge in [0.25, 0.3) is 0 Å². The van der Waals surface area contributed by atoms with Crippen LogP contribution in [0.15, 0.2) is 23.2 Å². The molecular formula is C11H17N3O2. The lowest BCUT2D eigenvalue weighted by Crippen LogP contribution is -2.23. The molecule has 1 aromatic carbocycles. The first-order chi connectivity index (χ1) is 7.58. The lowest BCUT2D eigenvalue weighted by molar-refractivity contribution is 0.354. The van der Waals surface area contributed by atoms with Crippen LogP contribution < -0.4 is 20.9 Å². The van der Waals surface area contributed by atoms with E-state index in [1.807, 2.05) is 25.1 Å². The van der Waals surface area contributed by atoms with Gasteiger partial charge in [-0.1, -0.05) is 6.07 Å². The molecule has 0 aliphatic rings. The number of guanidine groups is 1. The molecule has 5 heteroatoms. The fourth-order valence-electron chi connectivity index (χ4n) is 1.41. The molecule has 0 amide bonds. The summed E-state index contributed by atoms with van der Waals surface area (Å²) in [5, 5.41) is 0. The Kier molecular flexibility index (Phi) is 3.99. The molecule has 0 spiro atoms. The summed E-state index contributed by atoms with van der Waals surface area (Å²) in [5.41, 5.74) is 11.6. The van der Waals surface area contributed by atoms with Crippen molar-refractivity contribution >= 4 is 5.96 Å². The van der Waals surface area contributed by atoms with Crippen molar-refractivity contribution in [1.82, 2.24) is 0 Å². The summed E-state index contributed by atoms with van der Waals surface area (Å²) in [7, 11) is 3.18. The maximum absolute atomic E-state index is 5.33. The Hall–Kier alpha value is -1.91. The van der Waals surface area contributed by atoms with E-state index in [0.29, 0.717) is 11.5 Å². The standard InChI is InChI=1S/C11H17N3O2/c1-7(14-11(12)13)8-4-5-9(15-2)10(6-8)16-3/h4-7H,1-3H3,(H4,12,13,14). The van der Waals surface area contributed by atoms with Crippen LogP contribution in [0.5, 0.6) is 11.5 Å². The minimum Gasteiger partial charge on any atom is -0.493 e. The molecule has 0 heterocycles. The monoisotopic (exact) mass is 223 g/mol. The highest BCUT2D eigenvalue weighted by molar-refractivity contribution is 5.76. The third-order valence-electron chi connectivity index (χ3n) is 2.23. The number of ether oxygens (including phenoxy) is 2. The Morgan fingerprint density at radius 1 is 1.19 bits per heavy atom. The van der Waals surface area contributed by atoms with Crippen molar-refractivity contribution in [3.8, 4) is 11.5 Å². The maximum atomic E-state index is 5.33. The summed E-state index contributed by atoms with van der Waals surface area (Å²) < 4.78 is 10.3. The van der Waals surface area contributed by atoms with Crippen LogP contribution in [0.4, 0.5) is 0 Å². The number of benzene rings is 1. The first-order valence-electron chi connectivity index (χ1n) is 4.89. The molecule has 0 fully saturated rings. The molecule has 88 valence electrons. The van der Waals surface area contributed by atoms with E-state index in [-0.39, 0.29) is 12.0 Å². The van der Waals surface area contributed by atoms with E-state index in [2.05, 4.69) is 4.99 Å².